The van der Waals surface area contributed by atoms with Crippen LogP contribution in [0.5, 0.6) is 0 Å². The molecule has 0 fully saturated rings. The summed E-state index contributed by atoms with van der Waals surface area (Å²) in [5, 5.41) is 0. The fraction of sp³-hybridized carbons (Fsp3) is 0.636. The van der Waals surface area contributed by atoms with Gasteiger partial charge in [-0.05, 0) is 19.8 Å². The highest BCUT2D eigenvalue weighted by Crippen LogP contribution is 2.31. The molecule has 0 bridgehead atoms. The van der Waals surface area contributed by atoms with Gasteiger partial charge in [0.05, 0.1) is 5.69 Å². The molecule has 5 nitrogen and oxygen atoms in total. The number of nitrogens with one attached hydrogen (secondary N) is 1. The fourth-order valence-corrected chi connectivity index (χ4v) is 1.80. The molecule has 0 aromatic carbocycles. The van der Waals surface area contributed by atoms with Gasteiger partial charge in [0.15, 0.2) is 17.5 Å². The van der Waals surface area contributed by atoms with Crippen molar-refractivity contribution in [3.8, 4) is 0 Å². The maximum atomic E-state index is 13.6. The van der Waals surface area contributed by atoms with Crippen LogP contribution in [0, 0.1) is 12.7 Å². The van der Waals surface area contributed by atoms with E-state index in [2.05, 4.69) is 15.4 Å². The van der Waals surface area contributed by atoms with Crippen molar-refractivity contribution in [3.63, 3.8) is 0 Å². The Labute approximate surface area is 101 Å². The summed E-state index contributed by atoms with van der Waals surface area (Å²) < 4.78 is 19.1. The lowest BCUT2D eigenvalue weighted by Gasteiger charge is -2.29. The van der Waals surface area contributed by atoms with Crippen molar-refractivity contribution >= 4 is 5.82 Å². The van der Waals surface area contributed by atoms with Crippen molar-refractivity contribution in [3.05, 3.63) is 17.3 Å². The first kappa shape index (κ1) is 13.8. The second kappa shape index (κ2) is 5.37. The third-order valence-electron chi connectivity index (χ3n) is 3.09. The van der Waals surface area contributed by atoms with E-state index in [1.807, 2.05) is 13.8 Å². The fourth-order valence-electron chi connectivity index (χ4n) is 1.80. The number of nitrogens with two attached hydrogens (primary N) is 1. The maximum Gasteiger partial charge on any atom is 0.187 e. The molecule has 0 amide bonds. The molecule has 0 unspecified atom stereocenters. The molecule has 0 atom stereocenters. The zero-order valence-electron chi connectivity index (χ0n) is 10.7. The van der Waals surface area contributed by atoms with Crippen LogP contribution in [0.1, 0.15) is 38.2 Å². The van der Waals surface area contributed by atoms with Gasteiger partial charge in [0.1, 0.15) is 5.60 Å². The summed E-state index contributed by atoms with van der Waals surface area (Å²) in [5.41, 5.74) is 1.90. The molecule has 0 aliphatic heterocycles. The summed E-state index contributed by atoms with van der Waals surface area (Å²) in [4.78, 5) is 8.25. The van der Waals surface area contributed by atoms with E-state index < -0.39 is 11.4 Å². The predicted octanol–water partition coefficient (Wildman–Crippen LogP) is 1.87. The minimum atomic E-state index is -0.593. The van der Waals surface area contributed by atoms with Gasteiger partial charge in [-0.3, -0.25) is 0 Å². The third-order valence-corrected chi connectivity index (χ3v) is 3.09. The number of rotatable bonds is 5. The molecule has 96 valence electrons. The lowest BCUT2D eigenvalue weighted by atomic mass is 9.96. The number of aromatic nitrogens is 2. The number of anilines is 1. The Hall–Kier alpha value is -1.27. The van der Waals surface area contributed by atoms with E-state index in [0.717, 1.165) is 0 Å². The van der Waals surface area contributed by atoms with Gasteiger partial charge >= 0.3 is 0 Å². The standard InChI is InChI=1S/C11H19FN4O/c1-5-11(6-2,17-4)10-14-7(3)8(12)9(15-10)16-13/h5-6,13H2,1-4H3,(H,14,15,16). The van der Waals surface area contributed by atoms with Gasteiger partial charge < -0.3 is 10.2 Å². The molecule has 1 aromatic rings. The van der Waals surface area contributed by atoms with E-state index in [-0.39, 0.29) is 11.5 Å². The van der Waals surface area contributed by atoms with E-state index in [1.165, 1.54) is 0 Å². The Morgan fingerprint density at radius 1 is 1.35 bits per heavy atom. The van der Waals surface area contributed by atoms with Crippen LogP contribution in [0.3, 0.4) is 0 Å². The number of hydrogen-bond acceptors (Lipinski definition) is 5. The second-order valence-electron chi connectivity index (χ2n) is 3.85. The van der Waals surface area contributed by atoms with Crippen LogP contribution in [0.25, 0.3) is 0 Å². The van der Waals surface area contributed by atoms with Gasteiger partial charge in [-0.25, -0.2) is 20.2 Å². The third kappa shape index (κ3) is 2.37. The number of halogens is 1. The van der Waals surface area contributed by atoms with Crippen molar-refractivity contribution in [2.45, 2.75) is 39.2 Å². The van der Waals surface area contributed by atoms with Gasteiger partial charge in [0.25, 0.3) is 0 Å². The minimum absolute atomic E-state index is 0.00387. The number of hydrogen-bond donors (Lipinski definition) is 2. The molecule has 1 heterocycles. The summed E-state index contributed by atoms with van der Waals surface area (Å²) >= 11 is 0. The Morgan fingerprint density at radius 3 is 2.35 bits per heavy atom. The average molecular weight is 242 g/mol. The predicted molar refractivity (Wildman–Crippen MR) is 63.8 cm³/mol. The van der Waals surface area contributed by atoms with Crippen LogP contribution >= 0.6 is 0 Å². The molecule has 0 aliphatic rings. The number of ether oxygens (including phenoxy) is 1. The number of methoxy groups -OCH3 is 1. The van der Waals surface area contributed by atoms with Gasteiger partial charge in [0.2, 0.25) is 0 Å². The number of hydrazine groups is 1. The Balaban J connectivity index is 3.35. The zero-order chi connectivity index (χ0) is 13.1. The first-order chi connectivity index (χ1) is 8.04. The first-order valence-corrected chi connectivity index (χ1v) is 5.61. The molecule has 17 heavy (non-hydrogen) atoms. The van der Waals surface area contributed by atoms with Crippen molar-refractivity contribution < 1.29 is 9.13 Å². The van der Waals surface area contributed by atoms with Crippen LogP contribution in [-0.4, -0.2) is 17.1 Å². The highest BCUT2D eigenvalue weighted by molar-refractivity contribution is 5.37. The second-order valence-corrected chi connectivity index (χ2v) is 3.85. The highest BCUT2D eigenvalue weighted by atomic mass is 19.1. The quantitative estimate of drug-likeness (QED) is 0.609. The normalized spacial score (nSPS) is 11.6. The van der Waals surface area contributed by atoms with Crippen LogP contribution in [-0.2, 0) is 10.3 Å². The first-order valence-electron chi connectivity index (χ1n) is 5.61. The number of nitrogen functional groups attached to an aromatic ring is 1. The Bertz CT molecular complexity index is 385. The summed E-state index contributed by atoms with van der Waals surface area (Å²) in [6, 6.07) is 0. The van der Waals surface area contributed by atoms with Crippen LogP contribution in [0.2, 0.25) is 0 Å². The van der Waals surface area contributed by atoms with Crippen LogP contribution in [0.15, 0.2) is 0 Å². The molecule has 0 saturated carbocycles. The van der Waals surface area contributed by atoms with Gasteiger partial charge in [-0.15, -0.1) is 0 Å². The lowest BCUT2D eigenvalue weighted by molar-refractivity contribution is -0.0292. The highest BCUT2D eigenvalue weighted by Gasteiger charge is 2.32. The SMILES string of the molecule is CCC(CC)(OC)c1nc(C)c(F)c(NN)n1. The monoisotopic (exact) mass is 242 g/mol. The Morgan fingerprint density at radius 2 is 1.94 bits per heavy atom. The molecule has 0 aliphatic carbocycles. The lowest BCUT2D eigenvalue weighted by Crippen LogP contribution is -2.30. The van der Waals surface area contributed by atoms with E-state index in [4.69, 9.17) is 10.6 Å². The molecule has 1 aromatic heterocycles. The smallest absolute Gasteiger partial charge is 0.187 e. The summed E-state index contributed by atoms with van der Waals surface area (Å²) in [7, 11) is 1.60. The van der Waals surface area contributed by atoms with Crippen LogP contribution in [0.4, 0.5) is 10.2 Å². The molecular weight excluding hydrogens is 223 g/mol. The van der Waals surface area contributed by atoms with Crippen molar-refractivity contribution in [1.29, 1.82) is 0 Å². The zero-order valence-corrected chi connectivity index (χ0v) is 10.7. The van der Waals surface area contributed by atoms with Crippen molar-refractivity contribution in [1.82, 2.24) is 9.97 Å². The molecule has 6 heteroatoms. The molecule has 0 saturated heterocycles. The van der Waals surface area contributed by atoms with E-state index in [0.29, 0.717) is 18.7 Å². The Kier molecular flexibility index (Phi) is 4.36. The minimum Gasteiger partial charge on any atom is -0.370 e. The summed E-state index contributed by atoms with van der Waals surface area (Å²) in [5.74, 6) is 5.15. The van der Waals surface area contributed by atoms with Crippen LogP contribution < -0.4 is 11.3 Å². The average Bonchev–Trinajstić information content (AvgIpc) is 2.36. The molecule has 1 rings (SSSR count). The van der Waals surface area contributed by atoms with Crippen molar-refractivity contribution in [2.75, 3.05) is 12.5 Å². The van der Waals surface area contributed by atoms with Gasteiger partial charge in [0, 0.05) is 7.11 Å². The topological polar surface area (TPSA) is 73.1 Å². The van der Waals surface area contributed by atoms with Gasteiger partial charge in [-0.1, -0.05) is 13.8 Å². The maximum absolute atomic E-state index is 13.6. The molecule has 3 N–H and O–H groups in total. The van der Waals surface area contributed by atoms with E-state index >= 15 is 0 Å². The molecular formula is C11H19FN4O. The number of nitrogens with zero attached hydrogens (tertiary/aromatic N) is 2. The largest absolute Gasteiger partial charge is 0.370 e. The molecule has 0 radical (unpaired) electrons. The summed E-state index contributed by atoms with van der Waals surface area (Å²) in [6.07, 6.45) is 1.41. The number of aryl methyl sites for hydroxylation is 1. The van der Waals surface area contributed by atoms with E-state index in [1.54, 1.807) is 14.0 Å². The van der Waals surface area contributed by atoms with Gasteiger partial charge in [-0.2, -0.15) is 0 Å². The summed E-state index contributed by atoms with van der Waals surface area (Å²) in [6.45, 7) is 5.53. The van der Waals surface area contributed by atoms with Crippen molar-refractivity contribution in [2.24, 2.45) is 5.84 Å². The van der Waals surface area contributed by atoms with E-state index in [9.17, 15) is 4.39 Å². The molecule has 0 spiro atoms.